The molecule has 1 saturated heterocycles. The van der Waals surface area contributed by atoms with Crippen molar-refractivity contribution in [2.45, 2.75) is 38.5 Å². The highest BCUT2D eigenvalue weighted by Crippen LogP contribution is 2.26. The molecule has 0 spiro atoms. The summed E-state index contributed by atoms with van der Waals surface area (Å²) < 4.78 is 28.4. The Bertz CT molecular complexity index is 1220. The molecule has 33 heavy (non-hydrogen) atoms. The Hall–Kier alpha value is -2.97. The molecule has 1 N–H and O–H groups in total. The van der Waals surface area contributed by atoms with Crippen LogP contribution in [0, 0.1) is 13.8 Å². The minimum atomic E-state index is -3.56. The van der Waals surface area contributed by atoms with Crippen molar-refractivity contribution in [3.63, 3.8) is 0 Å². The van der Waals surface area contributed by atoms with Crippen LogP contribution < -0.4 is 10.2 Å². The van der Waals surface area contributed by atoms with Crippen LogP contribution in [0.3, 0.4) is 0 Å². The van der Waals surface area contributed by atoms with Crippen LogP contribution in [0.15, 0.2) is 59.5 Å². The van der Waals surface area contributed by atoms with Crippen molar-refractivity contribution in [1.82, 2.24) is 14.3 Å². The van der Waals surface area contributed by atoms with Gasteiger partial charge in [-0.25, -0.2) is 13.4 Å². The van der Waals surface area contributed by atoms with E-state index in [0.29, 0.717) is 37.0 Å². The second-order valence-corrected chi connectivity index (χ2v) is 10.7. The Kier molecular flexibility index (Phi) is 6.67. The summed E-state index contributed by atoms with van der Waals surface area (Å²) in [6.45, 7) is 9.80. The molecular weight excluding hydrogens is 434 g/mol. The van der Waals surface area contributed by atoms with Crippen molar-refractivity contribution in [1.29, 1.82) is 0 Å². The van der Waals surface area contributed by atoms with Crippen LogP contribution in [0.4, 0.5) is 17.5 Å². The summed E-state index contributed by atoms with van der Waals surface area (Å²) in [6, 6.07) is 17.5. The lowest BCUT2D eigenvalue weighted by molar-refractivity contribution is 0.382. The molecule has 1 fully saturated rings. The van der Waals surface area contributed by atoms with E-state index in [2.05, 4.69) is 29.1 Å². The first-order valence-electron chi connectivity index (χ1n) is 11.3. The number of hydrogen-bond acceptors (Lipinski definition) is 6. The number of nitrogens with one attached hydrogen (secondary N) is 1. The minimum Gasteiger partial charge on any atom is -0.340 e. The van der Waals surface area contributed by atoms with E-state index in [9.17, 15) is 8.42 Å². The second-order valence-electron chi connectivity index (χ2n) is 8.76. The van der Waals surface area contributed by atoms with Gasteiger partial charge in [-0.15, -0.1) is 0 Å². The lowest BCUT2D eigenvalue weighted by Gasteiger charge is -2.34. The van der Waals surface area contributed by atoms with Crippen LogP contribution in [-0.2, 0) is 10.0 Å². The van der Waals surface area contributed by atoms with Gasteiger partial charge in [0.05, 0.1) is 4.90 Å². The number of rotatable bonds is 6. The van der Waals surface area contributed by atoms with Gasteiger partial charge in [-0.1, -0.05) is 44.2 Å². The standard InChI is InChI=1S/C25H31N5O2S/c1-18(2)21-11-10-19(3)23(17-21)33(31,32)30-14-12-29(13-15-30)25-26-20(4)16-24(28-25)27-22-8-6-5-7-9-22/h5-11,16-18H,12-15H2,1-4H3,(H,26,27,28). The third-order valence-corrected chi connectivity index (χ3v) is 7.95. The van der Waals surface area contributed by atoms with Gasteiger partial charge in [0.15, 0.2) is 0 Å². The van der Waals surface area contributed by atoms with E-state index < -0.39 is 10.0 Å². The van der Waals surface area contributed by atoms with E-state index in [4.69, 9.17) is 0 Å². The number of aryl methyl sites for hydroxylation is 2. The predicted octanol–water partition coefficient (Wildman–Crippen LogP) is 4.47. The number of anilines is 3. The second kappa shape index (κ2) is 9.49. The summed E-state index contributed by atoms with van der Waals surface area (Å²) in [6.07, 6.45) is 0. The van der Waals surface area contributed by atoms with Gasteiger partial charge < -0.3 is 10.2 Å². The molecule has 0 atom stereocenters. The average molecular weight is 466 g/mol. The van der Waals surface area contributed by atoms with Crippen LogP contribution in [0.5, 0.6) is 0 Å². The van der Waals surface area contributed by atoms with Crippen molar-refractivity contribution in [2.24, 2.45) is 0 Å². The maximum Gasteiger partial charge on any atom is 0.243 e. The van der Waals surface area contributed by atoms with Crippen LogP contribution in [-0.4, -0.2) is 48.9 Å². The molecule has 2 heterocycles. The Labute approximate surface area is 196 Å². The molecule has 0 amide bonds. The topological polar surface area (TPSA) is 78.4 Å². The Morgan fingerprint density at radius 2 is 1.61 bits per heavy atom. The highest BCUT2D eigenvalue weighted by atomic mass is 32.2. The van der Waals surface area contributed by atoms with Crippen molar-refractivity contribution >= 4 is 27.5 Å². The summed E-state index contributed by atoms with van der Waals surface area (Å²) in [7, 11) is -3.56. The summed E-state index contributed by atoms with van der Waals surface area (Å²) in [5.74, 6) is 1.61. The first-order chi connectivity index (χ1) is 15.7. The summed E-state index contributed by atoms with van der Waals surface area (Å²) in [5.41, 5.74) is 3.62. The van der Waals surface area contributed by atoms with Crippen LogP contribution in [0.2, 0.25) is 0 Å². The van der Waals surface area contributed by atoms with Crippen LogP contribution in [0.25, 0.3) is 0 Å². The van der Waals surface area contributed by atoms with E-state index in [0.717, 1.165) is 28.3 Å². The fraction of sp³-hybridized carbons (Fsp3) is 0.360. The molecule has 0 aliphatic carbocycles. The number of piperazine rings is 1. The molecule has 174 valence electrons. The smallest absolute Gasteiger partial charge is 0.243 e. The lowest BCUT2D eigenvalue weighted by Crippen LogP contribution is -2.49. The number of aromatic nitrogens is 2. The van der Waals surface area contributed by atoms with Gasteiger partial charge in [-0.2, -0.15) is 9.29 Å². The van der Waals surface area contributed by atoms with Gasteiger partial charge in [-0.05, 0) is 49.1 Å². The zero-order chi connectivity index (χ0) is 23.6. The van der Waals surface area contributed by atoms with E-state index in [1.165, 1.54) is 0 Å². The molecule has 8 heteroatoms. The molecule has 1 aliphatic heterocycles. The molecule has 0 bridgehead atoms. The third-order valence-electron chi connectivity index (χ3n) is 5.91. The third kappa shape index (κ3) is 5.17. The maximum atomic E-state index is 13.4. The summed E-state index contributed by atoms with van der Waals surface area (Å²) in [5, 5.41) is 3.32. The molecule has 2 aromatic carbocycles. The predicted molar refractivity (Wildman–Crippen MR) is 133 cm³/mol. The van der Waals surface area contributed by atoms with Gasteiger partial charge in [-0.3, -0.25) is 0 Å². The Morgan fingerprint density at radius 1 is 0.909 bits per heavy atom. The zero-order valence-corrected chi connectivity index (χ0v) is 20.4. The molecule has 0 unspecified atom stereocenters. The van der Waals surface area contributed by atoms with Gasteiger partial charge >= 0.3 is 0 Å². The fourth-order valence-electron chi connectivity index (χ4n) is 3.95. The number of para-hydroxylation sites is 1. The van der Waals surface area contributed by atoms with E-state index in [1.807, 2.05) is 73.3 Å². The van der Waals surface area contributed by atoms with Crippen molar-refractivity contribution in [2.75, 3.05) is 36.4 Å². The number of hydrogen-bond donors (Lipinski definition) is 1. The van der Waals surface area contributed by atoms with Crippen LogP contribution >= 0.6 is 0 Å². The van der Waals surface area contributed by atoms with Gasteiger partial charge in [0.2, 0.25) is 16.0 Å². The quantitative estimate of drug-likeness (QED) is 0.579. The van der Waals surface area contributed by atoms with Crippen molar-refractivity contribution in [3.05, 3.63) is 71.4 Å². The lowest BCUT2D eigenvalue weighted by atomic mass is 10.0. The largest absolute Gasteiger partial charge is 0.340 e. The first-order valence-corrected chi connectivity index (χ1v) is 12.7. The summed E-state index contributed by atoms with van der Waals surface area (Å²) in [4.78, 5) is 11.7. The first kappa shape index (κ1) is 23.2. The molecule has 0 radical (unpaired) electrons. The number of sulfonamides is 1. The number of benzene rings is 2. The van der Waals surface area contributed by atoms with Gasteiger partial charge in [0, 0.05) is 43.6 Å². The molecule has 7 nitrogen and oxygen atoms in total. The van der Waals surface area contributed by atoms with E-state index >= 15 is 0 Å². The molecule has 1 aromatic heterocycles. The van der Waals surface area contributed by atoms with Crippen molar-refractivity contribution < 1.29 is 8.42 Å². The Morgan fingerprint density at radius 3 is 2.27 bits per heavy atom. The minimum absolute atomic E-state index is 0.272. The van der Waals surface area contributed by atoms with Gasteiger partial charge in [0.1, 0.15) is 5.82 Å². The highest BCUT2D eigenvalue weighted by molar-refractivity contribution is 7.89. The molecular formula is C25H31N5O2S. The average Bonchev–Trinajstić information content (AvgIpc) is 2.79. The van der Waals surface area contributed by atoms with Gasteiger partial charge in [0.25, 0.3) is 0 Å². The highest BCUT2D eigenvalue weighted by Gasteiger charge is 2.31. The number of nitrogens with zero attached hydrogens (tertiary/aromatic N) is 4. The molecule has 3 aromatic rings. The van der Waals surface area contributed by atoms with Crippen molar-refractivity contribution in [3.8, 4) is 0 Å². The Balaban J connectivity index is 1.50. The van der Waals surface area contributed by atoms with E-state index in [1.54, 1.807) is 4.31 Å². The normalized spacial score (nSPS) is 15.1. The zero-order valence-electron chi connectivity index (χ0n) is 19.6. The molecule has 1 aliphatic rings. The monoisotopic (exact) mass is 465 g/mol. The maximum absolute atomic E-state index is 13.4. The van der Waals surface area contributed by atoms with E-state index in [-0.39, 0.29) is 5.92 Å². The van der Waals surface area contributed by atoms with Crippen LogP contribution in [0.1, 0.15) is 36.6 Å². The fourth-order valence-corrected chi connectivity index (χ4v) is 5.63. The molecule has 0 saturated carbocycles. The molecule has 4 rings (SSSR count). The SMILES string of the molecule is Cc1cc(Nc2ccccc2)nc(N2CCN(S(=O)(=O)c3cc(C(C)C)ccc3C)CC2)n1. The summed E-state index contributed by atoms with van der Waals surface area (Å²) >= 11 is 0.